The van der Waals surface area contributed by atoms with Crippen molar-refractivity contribution in [3.05, 3.63) is 76.0 Å². The van der Waals surface area contributed by atoms with Crippen LogP contribution in [0.4, 0.5) is 0 Å². The molecule has 2 aromatic carbocycles. The zero-order valence-electron chi connectivity index (χ0n) is 17.1. The monoisotopic (exact) mass is 490 g/mol. The third-order valence-electron chi connectivity index (χ3n) is 4.69. The van der Waals surface area contributed by atoms with Crippen LogP contribution in [0.25, 0.3) is 0 Å². The van der Waals surface area contributed by atoms with E-state index in [0.717, 1.165) is 17.1 Å². The van der Waals surface area contributed by atoms with Crippen molar-refractivity contribution in [2.24, 2.45) is 0 Å². The molecule has 10 heteroatoms. The first-order valence-corrected chi connectivity index (χ1v) is 13.4. The van der Waals surface area contributed by atoms with Crippen LogP contribution in [-0.2, 0) is 22.3 Å². The number of ether oxygens (including phenoxy) is 2. The van der Waals surface area contributed by atoms with Gasteiger partial charge in [-0.3, -0.25) is 4.79 Å². The van der Waals surface area contributed by atoms with Crippen LogP contribution in [-0.4, -0.2) is 33.4 Å². The molecule has 0 saturated heterocycles. The molecule has 4 rings (SSSR count). The van der Waals surface area contributed by atoms with Crippen molar-refractivity contribution in [2.45, 2.75) is 17.2 Å². The lowest BCUT2D eigenvalue weighted by atomic mass is 10.2. The zero-order valence-corrected chi connectivity index (χ0v) is 19.5. The maximum Gasteiger partial charge on any atom is 0.251 e. The van der Waals surface area contributed by atoms with Gasteiger partial charge in [0.25, 0.3) is 5.91 Å². The Morgan fingerprint density at radius 1 is 1.06 bits per heavy atom. The van der Waals surface area contributed by atoms with E-state index in [4.69, 9.17) is 9.47 Å². The molecule has 0 radical (unpaired) electrons. The number of thiophene rings is 1. The second-order valence-corrected chi connectivity index (χ2v) is 10.6. The van der Waals surface area contributed by atoms with Crippen LogP contribution >= 0.6 is 23.1 Å². The molecule has 0 spiro atoms. The molecular weight excluding hydrogens is 468 g/mol. The molecule has 3 aromatic rings. The predicted octanol–water partition coefficient (Wildman–Crippen LogP) is 3.62. The van der Waals surface area contributed by atoms with Gasteiger partial charge < -0.3 is 14.8 Å². The smallest absolute Gasteiger partial charge is 0.251 e. The summed E-state index contributed by atoms with van der Waals surface area (Å²) in [6, 6.07) is 13.4. The molecule has 0 atom stereocenters. The lowest BCUT2D eigenvalue weighted by Crippen LogP contribution is -2.27. The van der Waals surface area contributed by atoms with E-state index in [1.807, 2.05) is 5.38 Å². The lowest BCUT2D eigenvalue weighted by molar-refractivity contribution is 0.0956. The van der Waals surface area contributed by atoms with E-state index in [-0.39, 0.29) is 24.1 Å². The number of rotatable bonds is 10. The quantitative estimate of drug-likeness (QED) is 0.422. The van der Waals surface area contributed by atoms with Crippen LogP contribution in [0.1, 0.15) is 21.5 Å². The molecule has 168 valence electrons. The number of fused-ring (bicyclic) bond motifs is 1. The number of sulfonamides is 1. The van der Waals surface area contributed by atoms with Gasteiger partial charge in [-0.15, -0.1) is 0 Å². The number of carbonyl (C=O) groups excluding carboxylic acids is 1. The van der Waals surface area contributed by atoms with Crippen LogP contribution in [0.2, 0.25) is 0 Å². The van der Waals surface area contributed by atoms with Crippen LogP contribution in [0.5, 0.6) is 11.5 Å². The fraction of sp³-hybridized carbons (Fsp3) is 0.227. The van der Waals surface area contributed by atoms with Crippen molar-refractivity contribution in [1.82, 2.24) is 10.0 Å². The zero-order chi connectivity index (χ0) is 22.4. The van der Waals surface area contributed by atoms with E-state index in [0.29, 0.717) is 23.6 Å². The van der Waals surface area contributed by atoms with Gasteiger partial charge in [-0.25, -0.2) is 13.1 Å². The largest absolute Gasteiger partial charge is 0.454 e. The molecule has 2 N–H and O–H groups in total. The molecule has 0 saturated carbocycles. The second-order valence-electron chi connectivity index (χ2n) is 6.98. The SMILES string of the molecule is O=C(NCCSCc1ccsc1)c1cccc(S(=O)(=O)NCc2ccc3c(c2)OCO3)c1. The van der Waals surface area contributed by atoms with E-state index < -0.39 is 10.0 Å². The molecule has 1 amide bonds. The fourth-order valence-corrected chi connectivity index (χ4v) is 5.66. The molecule has 0 aliphatic carbocycles. The molecule has 0 unspecified atom stereocenters. The predicted molar refractivity (Wildman–Crippen MR) is 126 cm³/mol. The number of thioether (sulfide) groups is 1. The highest BCUT2D eigenvalue weighted by Gasteiger charge is 2.18. The third-order valence-corrected chi connectivity index (χ3v) is 7.85. The lowest BCUT2D eigenvalue weighted by Gasteiger charge is -2.10. The van der Waals surface area contributed by atoms with Gasteiger partial charge in [0.15, 0.2) is 11.5 Å². The van der Waals surface area contributed by atoms with Gasteiger partial charge in [-0.2, -0.15) is 23.1 Å². The minimum atomic E-state index is -3.79. The Morgan fingerprint density at radius 2 is 1.94 bits per heavy atom. The summed E-state index contributed by atoms with van der Waals surface area (Å²) in [6.07, 6.45) is 0. The normalized spacial score (nSPS) is 12.6. The summed E-state index contributed by atoms with van der Waals surface area (Å²) in [4.78, 5) is 12.5. The van der Waals surface area contributed by atoms with Crippen molar-refractivity contribution < 1.29 is 22.7 Å². The molecule has 1 aliphatic rings. The minimum absolute atomic E-state index is 0.0396. The maximum atomic E-state index is 12.7. The van der Waals surface area contributed by atoms with E-state index >= 15 is 0 Å². The van der Waals surface area contributed by atoms with Gasteiger partial charge >= 0.3 is 0 Å². The Kier molecular flexibility index (Phi) is 7.36. The fourth-order valence-electron chi connectivity index (χ4n) is 3.02. The number of hydrogen-bond acceptors (Lipinski definition) is 7. The second kappa shape index (κ2) is 10.4. The highest BCUT2D eigenvalue weighted by atomic mass is 32.2. The van der Waals surface area contributed by atoms with E-state index in [9.17, 15) is 13.2 Å². The number of benzene rings is 2. The van der Waals surface area contributed by atoms with Gasteiger partial charge in [0.05, 0.1) is 4.90 Å². The summed E-state index contributed by atoms with van der Waals surface area (Å²) < 4.78 is 38.6. The van der Waals surface area contributed by atoms with E-state index in [1.165, 1.54) is 17.7 Å². The minimum Gasteiger partial charge on any atom is -0.454 e. The average molecular weight is 491 g/mol. The average Bonchev–Trinajstić information content (AvgIpc) is 3.49. The summed E-state index contributed by atoms with van der Waals surface area (Å²) in [5.41, 5.74) is 2.32. The maximum absolute atomic E-state index is 12.7. The molecule has 7 nitrogen and oxygen atoms in total. The van der Waals surface area contributed by atoms with Crippen molar-refractivity contribution in [3.63, 3.8) is 0 Å². The molecule has 2 heterocycles. The van der Waals surface area contributed by atoms with Crippen LogP contribution < -0.4 is 19.5 Å². The van der Waals surface area contributed by atoms with Crippen molar-refractivity contribution in [3.8, 4) is 11.5 Å². The highest BCUT2D eigenvalue weighted by Crippen LogP contribution is 2.32. The van der Waals surface area contributed by atoms with Gasteiger partial charge in [0.2, 0.25) is 16.8 Å². The van der Waals surface area contributed by atoms with E-state index in [1.54, 1.807) is 53.4 Å². The Balaban J connectivity index is 1.30. The van der Waals surface area contributed by atoms with Crippen molar-refractivity contribution in [1.29, 1.82) is 0 Å². The molecule has 0 bridgehead atoms. The Morgan fingerprint density at radius 3 is 2.78 bits per heavy atom. The summed E-state index contributed by atoms with van der Waals surface area (Å²) in [5.74, 6) is 2.61. The molecule has 0 fully saturated rings. The van der Waals surface area contributed by atoms with Gasteiger partial charge in [-0.05, 0) is 58.3 Å². The topological polar surface area (TPSA) is 93.7 Å². The molecule has 32 heavy (non-hydrogen) atoms. The van der Waals surface area contributed by atoms with Crippen LogP contribution in [0.3, 0.4) is 0 Å². The van der Waals surface area contributed by atoms with Gasteiger partial charge in [0.1, 0.15) is 0 Å². The summed E-state index contributed by atoms with van der Waals surface area (Å²) >= 11 is 3.40. The summed E-state index contributed by atoms with van der Waals surface area (Å²) in [5, 5.41) is 6.99. The molecular formula is C22H22N2O5S3. The highest BCUT2D eigenvalue weighted by molar-refractivity contribution is 7.98. The molecule has 1 aromatic heterocycles. The summed E-state index contributed by atoms with van der Waals surface area (Å²) in [7, 11) is -3.79. The standard InChI is InChI=1S/C22H22N2O5S3/c25-22(23-7-9-31-14-17-6-8-30-13-17)18-2-1-3-19(11-18)32(26,27)24-12-16-4-5-20-21(10-16)29-15-28-20/h1-6,8,10-11,13,24H,7,9,12,14-15H2,(H,23,25). The summed E-state index contributed by atoms with van der Waals surface area (Å²) in [6.45, 7) is 0.760. The number of hydrogen-bond donors (Lipinski definition) is 2. The number of nitrogens with one attached hydrogen (secondary N) is 2. The Hall–Kier alpha value is -2.53. The Labute approximate surface area is 195 Å². The third kappa shape index (κ3) is 5.83. The van der Waals surface area contributed by atoms with Crippen molar-refractivity contribution >= 4 is 39.0 Å². The number of carbonyl (C=O) groups is 1. The number of amides is 1. The van der Waals surface area contributed by atoms with Crippen LogP contribution in [0, 0.1) is 0 Å². The van der Waals surface area contributed by atoms with Crippen LogP contribution in [0.15, 0.2) is 64.2 Å². The first-order chi connectivity index (χ1) is 15.5. The van der Waals surface area contributed by atoms with Gasteiger partial charge in [-0.1, -0.05) is 12.1 Å². The first kappa shape index (κ1) is 22.7. The van der Waals surface area contributed by atoms with Gasteiger partial charge in [0, 0.05) is 30.2 Å². The van der Waals surface area contributed by atoms with E-state index in [2.05, 4.69) is 21.5 Å². The van der Waals surface area contributed by atoms with Crippen molar-refractivity contribution in [2.75, 3.05) is 19.1 Å². The molecule has 1 aliphatic heterocycles. The first-order valence-electron chi connectivity index (χ1n) is 9.86. The Bertz CT molecular complexity index is 1180.